The molecule has 0 unspecified atom stereocenters. The fourth-order valence-electron chi connectivity index (χ4n) is 3.40. The van der Waals surface area contributed by atoms with Gasteiger partial charge >= 0.3 is 11.6 Å². The Labute approximate surface area is 176 Å². The second-order valence-corrected chi connectivity index (χ2v) is 6.84. The Kier molecular flexibility index (Phi) is 5.33. The summed E-state index contributed by atoms with van der Waals surface area (Å²) in [6.07, 6.45) is -1.53. The SMILES string of the molecule is COc1cc([C@H]2Oc3c(OC)cc4ccc(=O)oc4c3O[C@@H]2COC(C)=O)ccc1O. The average Bonchev–Trinajstić information content (AvgIpc) is 2.77. The van der Waals surface area contributed by atoms with Gasteiger partial charge in [-0.15, -0.1) is 0 Å². The van der Waals surface area contributed by atoms with Crippen molar-refractivity contribution in [2.24, 2.45) is 0 Å². The molecule has 1 N–H and O–H groups in total. The molecule has 1 aliphatic heterocycles. The molecule has 31 heavy (non-hydrogen) atoms. The molecule has 0 spiro atoms. The van der Waals surface area contributed by atoms with Crippen molar-refractivity contribution in [1.82, 2.24) is 0 Å². The molecule has 1 aliphatic rings. The molecule has 0 fully saturated rings. The van der Waals surface area contributed by atoms with Crippen LogP contribution in [0.5, 0.6) is 28.7 Å². The highest BCUT2D eigenvalue weighted by Crippen LogP contribution is 2.50. The van der Waals surface area contributed by atoms with E-state index >= 15 is 0 Å². The molecule has 0 saturated carbocycles. The van der Waals surface area contributed by atoms with Gasteiger partial charge in [0.05, 0.1) is 14.2 Å². The first-order valence-electron chi connectivity index (χ1n) is 9.39. The van der Waals surface area contributed by atoms with Crippen LogP contribution >= 0.6 is 0 Å². The van der Waals surface area contributed by atoms with Crippen LogP contribution in [0.2, 0.25) is 0 Å². The van der Waals surface area contributed by atoms with Gasteiger partial charge in [-0.05, 0) is 24.3 Å². The van der Waals surface area contributed by atoms with Crippen LogP contribution in [0.15, 0.2) is 45.6 Å². The molecular formula is C22H20O9. The third kappa shape index (κ3) is 3.81. The van der Waals surface area contributed by atoms with Crippen molar-refractivity contribution < 1.29 is 38.0 Å². The van der Waals surface area contributed by atoms with Crippen LogP contribution in [-0.4, -0.2) is 38.0 Å². The number of rotatable bonds is 5. The molecule has 0 radical (unpaired) electrons. The van der Waals surface area contributed by atoms with Crippen LogP contribution in [0.4, 0.5) is 0 Å². The first kappa shape index (κ1) is 20.4. The van der Waals surface area contributed by atoms with Crippen LogP contribution < -0.4 is 24.6 Å². The van der Waals surface area contributed by atoms with E-state index in [1.54, 1.807) is 24.3 Å². The summed E-state index contributed by atoms with van der Waals surface area (Å²) in [5, 5.41) is 10.5. The predicted octanol–water partition coefficient (Wildman–Crippen LogP) is 2.96. The Bertz CT molecular complexity index is 1200. The van der Waals surface area contributed by atoms with Gasteiger partial charge in [0.2, 0.25) is 11.5 Å². The first-order chi connectivity index (χ1) is 14.9. The fourth-order valence-corrected chi connectivity index (χ4v) is 3.40. The van der Waals surface area contributed by atoms with Gasteiger partial charge in [-0.2, -0.15) is 0 Å². The van der Waals surface area contributed by atoms with Crippen LogP contribution in [0.25, 0.3) is 11.0 Å². The summed E-state index contributed by atoms with van der Waals surface area (Å²) in [6, 6.07) is 9.26. The molecule has 9 heteroatoms. The van der Waals surface area contributed by atoms with Gasteiger partial charge in [0.1, 0.15) is 6.61 Å². The van der Waals surface area contributed by atoms with E-state index in [9.17, 15) is 14.7 Å². The van der Waals surface area contributed by atoms with Gasteiger partial charge in [0.25, 0.3) is 0 Å². The van der Waals surface area contributed by atoms with E-state index in [1.165, 1.54) is 33.3 Å². The number of benzene rings is 2. The van der Waals surface area contributed by atoms with Gasteiger partial charge in [0, 0.05) is 23.9 Å². The average molecular weight is 428 g/mol. The number of methoxy groups -OCH3 is 2. The molecule has 0 amide bonds. The molecule has 3 aromatic rings. The normalized spacial score (nSPS) is 17.3. The summed E-state index contributed by atoms with van der Waals surface area (Å²) in [5.74, 6) is 0.503. The number of ether oxygens (including phenoxy) is 5. The molecule has 2 atom stereocenters. The van der Waals surface area contributed by atoms with E-state index in [2.05, 4.69) is 0 Å². The largest absolute Gasteiger partial charge is 0.504 e. The summed E-state index contributed by atoms with van der Waals surface area (Å²) >= 11 is 0. The Morgan fingerprint density at radius 1 is 1.03 bits per heavy atom. The zero-order valence-electron chi connectivity index (χ0n) is 17.0. The Morgan fingerprint density at radius 2 is 1.81 bits per heavy atom. The third-order valence-corrected chi connectivity index (χ3v) is 4.84. The molecule has 4 rings (SSSR count). The lowest BCUT2D eigenvalue weighted by molar-refractivity contribution is -0.145. The maximum atomic E-state index is 11.8. The summed E-state index contributed by atoms with van der Waals surface area (Å²) in [7, 11) is 2.91. The Morgan fingerprint density at radius 3 is 2.52 bits per heavy atom. The smallest absolute Gasteiger partial charge is 0.336 e. The van der Waals surface area contributed by atoms with Crippen molar-refractivity contribution in [3.05, 3.63) is 52.4 Å². The van der Waals surface area contributed by atoms with Crippen molar-refractivity contribution in [2.75, 3.05) is 20.8 Å². The van der Waals surface area contributed by atoms with Gasteiger partial charge in [-0.1, -0.05) is 6.07 Å². The van der Waals surface area contributed by atoms with Crippen molar-refractivity contribution in [3.63, 3.8) is 0 Å². The Balaban J connectivity index is 1.86. The summed E-state index contributed by atoms with van der Waals surface area (Å²) < 4.78 is 33.5. The van der Waals surface area contributed by atoms with Crippen LogP contribution in [0, 0.1) is 0 Å². The molecule has 1 aromatic heterocycles. The van der Waals surface area contributed by atoms with E-state index in [0.29, 0.717) is 16.7 Å². The summed E-state index contributed by atoms with van der Waals surface area (Å²) in [4.78, 5) is 23.2. The highest BCUT2D eigenvalue weighted by Gasteiger charge is 2.38. The monoisotopic (exact) mass is 428 g/mol. The molecular weight excluding hydrogens is 408 g/mol. The lowest BCUT2D eigenvalue weighted by Gasteiger charge is -2.34. The number of aromatic hydroxyl groups is 1. The van der Waals surface area contributed by atoms with Crippen LogP contribution in [-0.2, 0) is 9.53 Å². The van der Waals surface area contributed by atoms with Gasteiger partial charge in [0.15, 0.2) is 35.0 Å². The van der Waals surface area contributed by atoms with Crippen molar-refractivity contribution in [1.29, 1.82) is 0 Å². The topological polar surface area (TPSA) is 114 Å². The standard InChI is InChI=1S/C22H20O9/c1-11(23)28-10-17-19(12-4-6-14(24)15(8-12)26-2)31-21-16(27-3)9-13-5-7-18(25)30-20(13)22(21)29-17/h4-9,17,19,24H,10H2,1-3H3/t17-,19-/m1/s1. The third-order valence-electron chi connectivity index (χ3n) is 4.84. The van der Waals surface area contributed by atoms with E-state index in [4.69, 9.17) is 28.1 Å². The Hall–Kier alpha value is -3.88. The van der Waals surface area contributed by atoms with Gasteiger partial charge in [-0.3, -0.25) is 4.79 Å². The second kappa shape index (κ2) is 8.10. The van der Waals surface area contributed by atoms with E-state index < -0.39 is 23.8 Å². The van der Waals surface area contributed by atoms with E-state index in [1.807, 2.05) is 0 Å². The molecule has 0 saturated heterocycles. The zero-order valence-corrected chi connectivity index (χ0v) is 17.0. The number of hydrogen-bond acceptors (Lipinski definition) is 9. The molecule has 0 bridgehead atoms. The fraction of sp³-hybridized carbons (Fsp3) is 0.273. The quantitative estimate of drug-likeness (QED) is 0.484. The minimum Gasteiger partial charge on any atom is -0.504 e. The number of carbonyl (C=O) groups is 1. The first-order valence-corrected chi connectivity index (χ1v) is 9.39. The highest BCUT2D eigenvalue weighted by molar-refractivity contribution is 5.88. The minimum absolute atomic E-state index is 0.0368. The van der Waals surface area contributed by atoms with E-state index in [-0.39, 0.29) is 35.2 Å². The highest BCUT2D eigenvalue weighted by atomic mass is 16.6. The zero-order chi connectivity index (χ0) is 22.1. The lowest BCUT2D eigenvalue weighted by Crippen LogP contribution is -2.37. The molecule has 2 heterocycles. The summed E-state index contributed by atoms with van der Waals surface area (Å²) in [5.41, 5.74) is 0.248. The number of phenolic OH excluding ortho intramolecular Hbond substituents is 1. The molecule has 0 aliphatic carbocycles. The minimum atomic E-state index is -0.786. The van der Waals surface area contributed by atoms with E-state index in [0.717, 1.165) is 0 Å². The molecule has 2 aromatic carbocycles. The van der Waals surface area contributed by atoms with Gasteiger partial charge < -0.3 is 33.2 Å². The van der Waals surface area contributed by atoms with Crippen molar-refractivity contribution >= 4 is 16.9 Å². The summed E-state index contributed by atoms with van der Waals surface area (Å²) in [6.45, 7) is 1.16. The second-order valence-electron chi connectivity index (χ2n) is 6.84. The maximum Gasteiger partial charge on any atom is 0.336 e. The molecule has 9 nitrogen and oxygen atoms in total. The lowest BCUT2D eigenvalue weighted by atomic mass is 10.0. The number of fused-ring (bicyclic) bond motifs is 3. The van der Waals surface area contributed by atoms with Crippen LogP contribution in [0.1, 0.15) is 18.6 Å². The maximum absolute atomic E-state index is 11.8. The number of carbonyl (C=O) groups excluding carboxylic acids is 1. The number of phenols is 1. The van der Waals surface area contributed by atoms with Crippen molar-refractivity contribution in [3.8, 4) is 28.7 Å². The number of esters is 1. The molecule has 162 valence electrons. The van der Waals surface area contributed by atoms with Crippen LogP contribution in [0.3, 0.4) is 0 Å². The van der Waals surface area contributed by atoms with Crippen molar-refractivity contribution in [2.45, 2.75) is 19.1 Å². The number of hydrogen-bond donors (Lipinski definition) is 1. The van der Waals surface area contributed by atoms with Gasteiger partial charge in [-0.25, -0.2) is 4.79 Å². The predicted molar refractivity (Wildman–Crippen MR) is 108 cm³/mol.